The zero-order chi connectivity index (χ0) is 22.9. The van der Waals surface area contributed by atoms with E-state index in [-0.39, 0.29) is 41.4 Å². The summed E-state index contributed by atoms with van der Waals surface area (Å²) in [6, 6.07) is 13.0. The summed E-state index contributed by atoms with van der Waals surface area (Å²) in [5, 5.41) is 2.78. The highest BCUT2D eigenvalue weighted by Gasteiger charge is 2.67. The summed E-state index contributed by atoms with van der Waals surface area (Å²) in [7, 11) is 1.31. The van der Waals surface area contributed by atoms with Crippen LogP contribution in [-0.4, -0.2) is 30.8 Å². The molecule has 1 aliphatic heterocycles. The van der Waals surface area contributed by atoms with Crippen LogP contribution in [0.1, 0.15) is 27.1 Å². The molecule has 33 heavy (non-hydrogen) atoms. The summed E-state index contributed by atoms with van der Waals surface area (Å²) < 4.78 is 4.68. The van der Waals surface area contributed by atoms with Crippen molar-refractivity contribution in [3.05, 3.63) is 71.8 Å². The van der Waals surface area contributed by atoms with E-state index in [0.29, 0.717) is 34.3 Å². The molecule has 0 aromatic heterocycles. The van der Waals surface area contributed by atoms with Gasteiger partial charge < -0.3 is 10.1 Å². The number of carbonyl (C=O) groups excluding carboxylic acids is 4. The van der Waals surface area contributed by atoms with E-state index < -0.39 is 5.97 Å². The number of esters is 1. The molecular formula is C26H22N2O5. The smallest absolute Gasteiger partial charge is 0.337 e. The Kier molecular flexibility index (Phi) is 4.30. The monoisotopic (exact) mass is 442 g/mol. The minimum absolute atomic E-state index is 0.148. The Hall–Kier alpha value is -3.74. The van der Waals surface area contributed by atoms with Crippen molar-refractivity contribution >= 4 is 35.1 Å². The van der Waals surface area contributed by atoms with Gasteiger partial charge in [-0.3, -0.25) is 14.4 Å². The number of nitrogens with one attached hydrogen (secondary N) is 1. The molecule has 7 heteroatoms. The Bertz CT molecular complexity index is 1200. The van der Waals surface area contributed by atoms with Gasteiger partial charge in [0.15, 0.2) is 0 Å². The largest absolute Gasteiger partial charge is 0.465 e. The molecule has 2 aromatic rings. The van der Waals surface area contributed by atoms with Crippen LogP contribution in [0, 0.1) is 35.5 Å². The van der Waals surface area contributed by atoms with Gasteiger partial charge in [-0.15, -0.1) is 0 Å². The van der Waals surface area contributed by atoms with Crippen molar-refractivity contribution < 1.29 is 23.9 Å². The lowest BCUT2D eigenvalue weighted by Gasteiger charge is -2.37. The number of hydrogen-bond donors (Lipinski definition) is 1. The first-order valence-corrected chi connectivity index (χ1v) is 11.1. The Morgan fingerprint density at radius 1 is 0.909 bits per heavy atom. The highest BCUT2D eigenvalue weighted by molar-refractivity contribution is 6.23. The van der Waals surface area contributed by atoms with Crippen molar-refractivity contribution in [2.75, 3.05) is 17.3 Å². The summed E-state index contributed by atoms with van der Waals surface area (Å²) >= 11 is 0. The summed E-state index contributed by atoms with van der Waals surface area (Å²) in [5.41, 5.74) is 1.66. The highest BCUT2D eigenvalue weighted by atomic mass is 16.5. The minimum atomic E-state index is -0.456. The fourth-order valence-corrected chi connectivity index (χ4v) is 6.01. The van der Waals surface area contributed by atoms with Crippen LogP contribution in [0.2, 0.25) is 0 Å². The average Bonchev–Trinajstić information content (AvgIpc) is 3.62. The number of hydrogen-bond acceptors (Lipinski definition) is 5. The molecule has 0 spiro atoms. The molecule has 5 aliphatic rings. The van der Waals surface area contributed by atoms with Gasteiger partial charge in [-0.25, -0.2) is 9.69 Å². The molecule has 2 aromatic carbocycles. The number of anilines is 2. The van der Waals surface area contributed by atoms with Crippen molar-refractivity contribution in [3.63, 3.8) is 0 Å². The Morgan fingerprint density at radius 3 is 2.15 bits per heavy atom. The lowest BCUT2D eigenvalue weighted by atomic mass is 9.63. The fraction of sp³-hybridized carbons (Fsp3) is 0.308. The van der Waals surface area contributed by atoms with Gasteiger partial charge in [0, 0.05) is 11.3 Å². The molecule has 3 amide bonds. The van der Waals surface area contributed by atoms with Gasteiger partial charge in [-0.2, -0.15) is 0 Å². The summed E-state index contributed by atoms with van der Waals surface area (Å²) in [5.74, 6) is -0.275. The second-order valence-electron chi connectivity index (χ2n) is 9.24. The van der Waals surface area contributed by atoms with Crippen LogP contribution in [0.4, 0.5) is 11.4 Å². The van der Waals surface area contributed by atoms with E-state index in [9.17, 15) is 19.2 Å². The first-order valence-electron chi connectivity index (χ1n) is 11.1. The molecule has 166 valence electrons. The van der Waals surface area contributed by atoms with Gasteiger partial charge in [-0.1, -0.05) is 18.2 Å². The number of amides is 3. The molecule has 2 saturated carbocycles. The molecule has 6 atom stereocenters. The van der Waals surface area contributed by atoms with Gasteiger partial charge in [0.2, 0.25) is 11.8 Å². The number of imide groups is 1. The molecule has 0 radical (unpaired) electrons. The third kappa shape index (κ3) is 2.95. The molecule has 2 bridgehead atoms. The van der Waals surface area contributed by atoms with Gasteiger partial charge in [0.1, 0.15) is 0 Å². The molecule has 1 N–H and O–H groups in total. The Labute approximate surface area is 190 Å². The second kappa shape index (κ2) is 7.13. The van der Waals surface area contributed by atoms with E-state index in [4.69, 9.17) is 0 Å². The number of carbonyl (C=O) groups is 4. The van der Waals surface area contributed by atoms with Crippen molar-refractivity contribution in [1.82, 2.24) is 0 Å². The van der Waals surface area contributed by atoms with Crippen LogP contribution < -0.4 is 10.2 Å². The first kappa shape index (κ1) is 19.9. The standard InChI is InChI=1S/C26H22N2O5/c1-33-26(32)13-5-7-15(8-6-13)27-23(29)14-3-2-4-16(11-14)28-24(30)21-17-9-10-18(20-12-19(17)20)22(21)25(28)31/h2-11,17-22H,12H2,1H3,(H,27,29)/t17-,18-,19-,20-,21-,22+/m0/s1. The Morgan fingerprint density at radius 2 is 1.55 bits per heavy atom. The van der Waals surface area contributed by atoms with Crippen LogP contribution in [0.5, 0.6) is 0 Å². The van der Waals surface area contributed by atoms with E-state index in [1.54, 1.807) is 48.5 Å². The fourth-order valence-electron chi connectivity index (χ4n) is 6.01. The zero-order valence-corrected chi connectivity index (χ0v) is 17.9. The van der Waals surface area contributed by atoms with E-state index in [0.717, 1.165) is 6.42 Å². The lowest BCUT2D eigenvalue weighted by molar-refractivity contribution is -0.124. The molecular weight excluding hydrogens is 420 g/mol. The normalized spacial score (nSPS) is 30.6. The van der Waals surface area contributed by atoms with Crippen LogP contribution in [0.25, 0.3) is 0 Å². The van der Waals surface area contributed by atoms with E-state index in [2.05, 4.69) is 22.2 Å². The number of benzene rings is 2. The Balaban J connectivity index is 1.23. The molecule has 3 fully saturated rings. The third-order valence-electron chi connectivity index (χ3n) is 7.59. The van der Waals surface area contributed by atoms with Crippen molar-refractivity contribution in [2.45, 2.75) is 6.42 Å². The topological polar surface area (TPSA) is 92.8 Å². The van der Waals surface area contributed by atoms with E-state index in [1.807, 2.05) is 0 Å². The highest BCUT2D eigenvalue weighted by Crippen LogP contribution is 2.65. The molecule has 7 rings (SSSR count). The van der Waals surface area contributed by atoms with Gasteiger partial charge in [0.05, 0.1) is 30.2 Å². The molecule has 4 aliphatic carbocycles. The van der Waals surface area contributed by atoms with Gasteiger partial charge in [0.25, 0.3) is 5.91 Å². The summed E-state index contributed by atoms with van der Waals surface area (Å²) in [6.07, 6.45) is 5.40. The maximum absolute atomic E-state index is 13.3. The van der Waals surface area contributed by atoms with Crippen LogP contribution in [0.15, 0.2) is 60.7 Å². The molecule has 0 unspecified atom stereocenters. The predicted octanol–water partition coefficient (Wildman–Crippen LogP) is 3.28. The van der Waals surface area contributed by atoms with Gasteiger partial charge in [-0.05, 0) is 72.6 Å². The maximum Gasteiger partial charge on any atom is 0.337 e. The number of allylic oxidation sites excluding steroid dienone is 2. The summed E-state index contributed by atoms with van der Waals surface area (Å²) in [6.45, 7) is 0. The number of ether oxygens (including phenoxy) is 1. The predicted molar refractivity (Wildman–Crippen MR) is 119 cm³/mol. The second-order valence-corrected chi connectivity index (χ2v) is 9.24. The van der Waals surface area contributed by atoms with E-state index in [1.165, 1.54) is 12.0 Å². The molecule has 1 heterocycles. The number of nitrogens with zero attached hydrogens (tertiary/aromatic N) is 1. The van der Waals surface area contributed by atoms with Crippen LogP contribution in [-0.2, 0) is 14.3 Å². The van der Waals surface area contributed by atoms with E-state index >= 15 is 0 Å². The number of methoxy groups -OCH3 is 1. The number of rotatable bonds is 4. The van der Waals surface area contributed by atoms with Gasteiger partial charge >= 0.3 is 5.97 Å². The molecule has 1 saturated heterocycles. The van der Waals surface area contributed by atoms with Crippen LogP contribution in [0.3, 0.4) is 0 Å². The third-order valence-corrected chi connectivity index (χ3v) is 7.59. The summed E-state index contributed by atoms with van der Waals surface area (Å²) in [4.78, 5) is 52.3. The van der Waals surface area contributed by atoms with Crippen LogP contribution >= 0.6 is 0 Å². The van der Waals surface area contributed by atoms with Crippen molar-refractivity contribution in [1.29, 1.82) is 0 Å². The maximum atomic E-state index is 13.3. The van der Waals surface area contributed by atoms with Crippen molar-refractivity contribution in [3.8, 4) is 0 Å². The zero-order valence-electron chi connectivity index (χ0n) is 17.9. The average molecular weight is 442 g/mol. The SMILES string of the molecule is COC(=O)c1ccc(NC(=O)c2cccc(N3C(=O)[C@@H]4[C@H]5C=C[C@@H]([C@@H]6C[C@@H]56)[C@@H]4C3=O)c2)cc1. The quantitative estimate of drug-likeness (QED) is 0.446. The van der Waals surface area contributed by atoms with Crippen molar-refractivity contribution in [2.24, 2.45) is 35.5 Å². The first-order chi connectivity index (χ1) is 16.0. The lowest BCUT2D eigenvalue weighted by Crippen LogP contribution is -2.40. The molecule has 7 nitrogen and oxygen atoms in total. The minimum Gasteiger partial charge on any atom is -0.465 e.